The highest BCUT2D eigenvalue weighted by molar-refractivity contribution is 5.86. The summed E-state index contributed by atoms with van der Waals surface area (Å²) in [4.78, 5) is 8.87. The molecule has 39 heavy (non-hydrogen) atoms. The molecule has 2 unspecified atom stereocenters. The second-order valence-corrected chi connectivity index (χ2v) is 9.72. The van der Waals surface area contributed by atoms with Gasteiger partial charge in [0.25, 0.3) is 0 Å². The minimum absolute atomic E-state index is 0.210. The molecule has 3 heterocycles. The molecule has 7 rings (SSSR count). The maximum Gasteiger partial charge on any atom is 0.325 e. The van der Waals surface area contributed by atoms with Crippen LogP contribution >= 0.6 is 0 Å². The van der Waals surface area contributed by atoms with Gasteiger partial charge in [-0.25, -0.2) is 4.98 Å². The van der Waals surface area contributed by atoms with Crippen LogP contribution in [0.3, 0.4) is 0 Å². The van der Waals surface area contributed by atoms with E-state index in [4.69, 9.17) is 28.4 Å². The Bertz CT molecular complexity index is 1660. The van der Waals surface area contributed by atoms with E-state index in [1.54, 1.807) is 6.20 Å². The SMILES string of the molecule is Cc1cnc(Oc2ccc3cc(OCC4CO4)ccc3c2)nc1Oc1ccc2cc(OCC3CO3)ccc2c1. The second kappa shape index (κ2) is 10.1. The highest BCUT2D eigenvalue weighted by atomic mass is 16.6. The van der Waals surface area contributed by atoms with Crippen molar-refractivity contribution in [2.24, 2.45) is 0 Å². The van der Waals surface area contributed by atoms with E-state index in [-0.39, 0.29) is 18.2 Å². The van der Waals surface area contributed by atoms with E-state index in [1.165, 1.54) is 0 Å². The van der Waals surface area contributed by atoms with Gasteiger partial charge in [0, 0.05) is 11.8 Å². The predicted molar refractivity (Wildman–Crippen MR) is 145 cm³/mol. The van der Waals surface area contributed by atoms with E-state index in [0.717, 1.165) is 51.8 Å². The van der Waals surface area contributed by atoms with Crippen LogP contribution in [0.15, 0.2) is 79.0 Å². The van der Waals surface area contributed by atoms with Crippen molar-refractivity contribution in [3.05, 3.63) is 84.6 Å². The third kappa shape index (κ3) is 5.72. The van der Waals surface area contributed by atoms with Crippen LogP contribution < -0.4 is 18.9 Å². The zero-order valence-electron chi connectivity index (χ0n) is 21.3. The molecule has 8 heteroatoms. The Balaban J connectivity index is 1.05. The Kier molecular flexibility index (Phi) is 6.11. The summed E-state index contributed by atoms with van der Waals surface area (Å²) in [5, 5.41) is 4.18. The summed E-state index contributed by atoms with van der Waals surface area (Å²) in [5.41, 5.74) is 0.802. The average molecular weight is 523 g/mol. The van der Waals surface area contributed by atoms with Gasteiger partial charge in [-0.3, -0.25) is 0 Å². The monoisotopic (exact) mass is 522 g/mol. The molecule has 0 radical (unpaired) electrons. The number of ether oxygens (including phenoxy) is 6. The first-order valence-electron chi connectivity index (χ1n) is 12.9. The number of nitrogens with zero attached hydrogens (tertiary/aromatic N) is 2. The Labute approximate surface area is 225 Å². The summed E-state index contributed by atoms with van der Waals surface area (Å²) < 4.78 is 34.1. The van der Waals surface area contributed by atoms with E-state index >= 15 is 0 Å². The van der Waals surface area contributed by atoms with Crippen LogP contribution in [0.4, 0.5) is 0 Å². The molecular weight excluding hydrogens is 496 g/mol. The average Bonchev–Trinajstić information content (AvgIpc) is 3.88. The second-order valence-electron chi connectivity index (χ2n) is 9.72. The highest BCUT2D eigenvalue weighted by Gasteiger charge is 2.23. The van der Waals surface area contributed by atoms with Gasteiger partial charge in [0.15, 0.2) is 0 Å². The van der Waals surface area contributed by atoms with E-state index in [1.807, 2.05) is 79.7 Å². The number of fused-ring (bicyclic) bond motifs is 2. The van der Waals surface area contributed by atoms with Gasteiger partial charge < -0.3 is 28.4 Å². The highest BCUT2D eigenvalue weighted by Crippen LogP contribution is 2.31. The van der Waals surface area contributed by atoms with Crippen LogP contribution in [0.2, 0.25) is 0 Å². The van der Waals surface area contributed by atoms with Gasteiger partial charge in [-0.2, -0.15) is 4.98 Å². The molecule has 5 aromatic rings. The first-order valence-corrected chi connectivity index (χ1v) is 12.9. The molecule has 1 aromatic heterocycles. The molecular formula is C31H26N2O6. The topological polar surface area (TPSA) is 87.8 Å². The molecule has 0 bridgehead atoms. The fraction of sp³-hybridized carbons (Fsp3) is 0.226. The van der Waals surface area contributed by atoms with Gasteiger partial charge >= 0.3 is 6.01 Å². The molecule has 196 valence electrons. The zero-order valence-corrected chi connectivity index (χ0v) is 21.3. The first kappa shape index (κ1) is 23.7. The molecule has 4 aromatic carbocycles. The van der Waals surface area contributed by atoms with Crippen LogP contribution in [-0.2, 0) is 9.47 Å². The van der Waals surface area contributed by atoms with Crippen LogP contribution in [0, 0.1) is 6.92 Å². The van der Waals surface area contributed by atoms with Crippen molar-refractivity contribution in [3.63, 3.8) is 0 Å². The number of hydrogen-bond acceptors (Lipinski definition) is 8. The van der Waals surface area contributed by atoms with Crippen molar-refractivity contribution in [1.82, 2.24) is 9.97 Å². The number of epoxide rings is 2. The number of benzene rings is 4. The third-order valence-electron chi connectivity index (χ3n) is 6.57. The molecule has 2 saturated heterocycles. The number of hydrogen-bond donors (Lipinski definition) is 0. The Hall–Kier alpha value is -4.40. The van der Waals surface area contributed by atoms with E-state index < -0.39 is 0 Å². The lowest BCUT2D eigenvalue weighted by molar-refractivity contribution is 0.263. The molecule has 0 saturated carbocycles. The van der Waals surface area contributed by atoms with Crippen LogP contribution in [-0.4, -0.2) is 48.6 Å². The quantitative estimate of drug-likeness (QED) is 0.200. The van der Waals surface area contributed by atoms with E-state index in [0.29, 0.717) is 30.6 Å². The maximum atomic E-state index is 6.14. The molecule has 0 spiro atoms. The Morgan fingerprint density at radius 1 is 0.667 bits per heavy atom. The molecule has 8 nitrogen and oxygen atoms in total. The Morgan fingerprint density at radius 2 is 1.13 bits per heavy atom. The third-order valence-corrected chi connectivity index (χ3v) is 6.57. The lowest BCUT2D eigenvalue weighted by Crippen LogP contribution is -2.03. The summed E-state index contributed by atoms with van der Waals surface area (Å²) in [6.07, 6.45) is 2.14. The van der Waals surface area contributed by atoms with Crippen LogP contribution in [0.1, 0.15) is 5.56 Å². The lowest BCUT2D eigenvalue weighted by atomic mass is 10.1. The molecule has 2 fully saturated rings. The van der Waals surface area contributed by atoms with Gasteiger partial charge in [0.2, 0.25) is 5.88 Å². The van der Waals surface area contributed by atoms with Crippen LogP contribution in [0.5, 0.6) is 34.9 Å². The van der Waals surface area contributed by atoms with Gasteiger partial charge in [-0.05, 0) is 77.0 Å². The molecule has 0 aliphatic carbocycles. The van der Waals surface area contributed by atoms with E-state index in [2.05, 4.69) is 9.97 Å². The fourth-order valence-corrected chi connectivity index (χ4v) is 4.20. The first-order chi connectivity index (χ1) is 19.1. The minimum Gasteiger partial charge on any atom is -0.491 e. The van der Waals surface area contributed by atoms with Crippen molar-refractivity contribution in [1.29, 1.82) is 0 Å². The summed E-state index contributed by atoms with van der Waals surface area (Å²) in [6.45, 7) is 4.61. The van der Waals surface area contributed by atoms with Gasteiger partial charge in [0.1, 0.15) is 48.4 Å². The van der Waals surface area contributed by atoms with Gasteiger partial charge in [0.05, 0.1) is 13.2 Å². The fourth-order valence-electron chi connectivity index (χ4n) is 4.20. The largest absolute Gasteiger partial charge is 0.491 e. The lowest BCUT2D eigenvalue weighted by Gasteiger charge is -2.11. The number of aryl methyl sites for hydroxylation is 1. The predicted octanol–water partition coefficient (Wildman–Crippen LogP) is 6.23. The Morgan fingerprint density at radius 3 is 1.64 bits per heavy atom. The summed E-state index contributed by atoms with van der Waals surface area (Å²) in [7, 11) is 0. The van der Waals surface area contributed by atoms with E-state index in [9.17, 15) is 0 Å². The smallest absolute Gasteiger partial charge is 0.325 e. The number of rotatable bonds is 10. The van der Waals surface area contributed by atoms with Crippen molar-refractivity contribution < 1.29 is 28.4 Å². The van der Waals surface area contributed by atoms with Gasteiger partial charge in [-0.15, -0.1) is 0 Å². The molecule has 0 amide bonds. The molecule has 2 atom stereocenters. The summed E-state index contributed by atoms with van der Waals surface area (Å²) in [5.74, 6) is 3.39. The van der Waals surface area contributed by atoms with Crippen molar-refractivity contribution >= 4 is 21.5 Å². The van der Waals surface area contributed by atoms with Crippen molar-refractivity contribution in [3.8, 4) is 34.9 Å². The molecule has 0 N–H and O–H groups in total. The zero-order chi connectivity index (χ0) is 26.2. The van der Waals surface area contributed by atoms with Crippen molar-refractivity contribution in [2.45, 2.75) is 19.1 Å². The van der Waals surface area contributed by atoms with Gasteiger partial charge in [-0.1, -0.05) is 24.3 Å². The standard InChI is InChI=1S/C31H26N2O6/c1-19-14-32-31(39-27-9-5-21-11-25(7-3-23(21)13-27)35-16-29-18-37-29)33-30(19)38-26-8-4-20-10-24(6-2-22(20)12-26)34-15-28-17-36-28/h2-14,28-29H,15-18H2,1H3. The molecule has 2 aliphatic heterocycles. The van der Waals surface area contributed by atoms with Crippen molar-refractivity contribution in [2.75, 3.05) is 26.4 Å². The summed E-state index contributed by atoms with van der Waals surface area (Å²) >= 11 is 0. The maximum absolute atomic E-state index is 6.14. The van der Waals surface area contributed by atoms with Crippen LogP contribution in [0.25, 0.3) is 21.5 Å². The normalized spacial score (nSPS) is 17.7. The summed E-state index contributed by atoms with van der Waals surface area (Å²) in [6, 6.07) is 23.9. The molecule has 2 aliphatic rings. The minimum atomic E-state index is 0.210. The number of aromatic nitrogens is 2.